The number of aliphatic hydroxyl groups is 2. The van der Waals surface area contributed by atoms with Crippen molar-refractivity contribution in [1.29, 1.82) is 0 Å². The molecule has 6 rings (SSSR count). The highest BCUT2D eigenvalue weighted by Gasteiger charge is 2.59. The first-order valence-electron chi connectivity index (χ1n) is 16.6. The summed E-state index contributed by atoms with van der Waals surface area (Å²) >= 11 is 0. The molecule has 4 atom stereocenters. The molecule has 2 aromatic heterocycles. The van der Waals surface area contributed by atoms with Crippen LogP contribution in [0.2, 0.25) is 18.1 Å². The predicted molar refractivity (Wildman–Crippen MR) is 194 cm³/mol. The lowest BCUT2D eigenvalue weighted by Gasteiger charge is -2.40. The monoisotopic (exact) mass is 699 g/mol. The minimum atomic E-state index is -2.46. The van der Waals surface area contributed by atoms with Crippen LogP contribution in [-0.4, -0.2) is 77.2 Å². The molecule has 1 fully saturated rings. The number of imidazole rings is 1. The smallest absolute Gasteiger partial charge is 0.280 e. The van der Waals surface area contributed by atoms with Gasteiger partial charge >= 0.3 is 0 Å². The molecule has 13 heteroatoms. The Morgan fingerprint density at radius 1 is 0.960 bits per heavy atom. The lowest BCUT2D eigenvalue weighted by atomic mass is 9.95. The van der Waals surface area contributed by atoms with Gasteiger partial charge in [0.1, 0.15) is 29.8 Å². The SMILES string of the molecule is COc1ccc(N(c2ccc(OC)cc2)c2nc3c(ncn3[C@]3(Cc4ccccc4)O[C@H](CO)[C@@H](O[Si](C)(C)C(C)(C)C)[C@H]3O)c(=O)[nH]2)cc1. The number of fused-ring (bicyclic) bond motifs is 1. The number of hydrogen-bond donors (Lipinski definition) is 3. The lowest BCUT2D eigenvalue weighted by molar-refractivity contribution is -0.145. The maximum atomic E-state index is 13.8. The summed E-state index contributed by atoms with van der Waals surface area (Å²) in [4.78, 5) is 28.0. The maximum absolute atomic E-state index is 13.8. The van der Waals surface area contributed by atoms with Crippen LogP contribution >= 0.6 is 0 Å². The highest BCUT2D eigenvalue weighted by Crippen LogP contribution is 2.45. The van der Waals surface area contributed by atoms with Crippen LogP contribution in [0, 0.1) is 0 Å². The molecule has 3 N–H and O–H groups in total. The van der Waals surface area contributed by atoms with Gasteiger partial charge in [-0.05, 0) is 72.2 Å². The minimum absolute atomic E-state index is 0.0655. The van der Waals surface area contributed by atoms with Crippen molar-refractivity contribution in [1.82, 2.24) is 19.5 Å². The zero-order valence-electron chi connectivity index (χ0n) is 29.5. The number of ether oxygens (including phenoxy) is 3. The van der Waals surface area contributed by atoms with Crippen LogP contribution in [0.25, 0.3) is 11.2 Å². The van der Waals surface area contributed by atoms with Gasteiger partial charge in [-0.1, -0.05) is 51.1 Å². The Labute approximate surface area is 292 Å². The van der Waals surface area contributed by atoms with Crippen LogP contribution in [-0.2, 0) is 21.3 Å². The van der Waals surface area contributed by atoms with E-state index in [9.17, 15) is 15.0 Å². The van der Waals surface area contributed by atoms with Crippen LogP contribution in [0.3, 0.4) is 0 Å². The second-order valence-corrected chi connectivity index (χ2v) is 18.8. The van der Waals surface area contributed by atoms with E-state index in [1.165, 1.54) is 6.33 Å². The first kappa shape index (κ1) is 35.3. The molecule has 1 aliphatic heterocycles. The standard InChI is InChI=1S/C37H45N5O7Si/c1-36(2,3)50(6,7)49-31-29(22-43)48-37(32(31)44,21-24-11-9-8-10-12-24)41-23-38-30-33(41)39-35(40-34(30)45)42(25-13-17-27(46-4)18-14-25)26-15-19-28(47-5)20-16-26/h8-20,23,29,31-32,43-44H,21-22H2,1-7H3,(H,39,40,45)/t29-,31-,32-,37-/m1/s1. The van der Waals surface area contributed by atoms with Crippen LogP contribution < -0.4 is 19.9 Å². The number of nitrogens with zero attached hydrogens (tertiary/aromatic N) is 4. The number of nitrogens with one attached hydrogen (secondary N) is 1. The minimum Gasteiger partial charge on any atom is -0.497 e. The highest BCUT2D eigenvalue weighted by molar-refractivity contribution is 6.74. The third-order valence-corrected chi connectivity index (χ3v) is 14.4. The molecule has 0 saturated carbocycles. The molecule has 0 amide bonds. The van der Waals surface area contributed by atoms with Crippen molar-refractivity contribution in [3.63, 3.8) is 0 Å². The molecule has 0 radical (unpaired) electrons. The van der Waals surface area contributed by atoms with E-state index in [1.54, 1.807) is 23.7 Å². The van der Waals surface area contributed by atoms with Gasteiger partial charge in [0.25, 0.3) is 5.56 Å². The Hall–Kier alpha value is -4.53. The maximum Gasteiger partial charge on any atom is 0.280 e. The van der Waals surface area contributed by atoms with Crippen molar-refractivity contribution in [2.45, 2.75) is 69.4 Å². The number of benzene rings is 3. The fourth-order valence-corrected chi connectivity index (χ4v) is 7.43. The third kappa shape index (κ3) is 6.42. The van der Waals surface area contributed by atoms with Gasteiger partial charge in [0.05, 0.1) is 27.2 Å². The van der Waals surface area contributed by atoms with Crippen molar-refractivity contribution in [2.24, 2.45) is 0 Å². The molecule has 0 aliphatic carbocycles. The zero-order valence-corrected chi connectivity index (χ0v) is 30.5. The Kier molecular flexibility index (Phi) is 9.63. The summed E-state index contributed by atoms with van der Waals surface area (Å²) < 4.78 is 25.9. The van der Waals surface area contributed by atoms with Crippen LogP contribution in [0.4, 0.5) is 17.3 Å². The number of H-pyrrole nitrogens is 1. The quantitative estimate of drug-likeness (QED) is 0.148. The number of rotatable bonds is 11. The molecule has 1 aliphatic rings. The van der Waals surface area contributed by atoms with Gasteiger partial charge in [0.2, 0.25) is 5.95 Å². The van der Waals surface area contributed by atoms with Crippen LogP contribution in [0.5, 0.6) is 11.5 Å². The molecule has 5 aromatic rings. The predicted octanol–water partition coefficient (Wildman–Crippen LogP) is 5.64. The van der Waals surface area contributed by atoms with Crippen molar-refractivity contribution in [3.8, 4) is 11.5 Å². The molecule has 0 spiro atoms. The molecular weight excluding hydrogens is 655 g/mol. The molecular formula is C37H45N5O7Si. The number of aromatic amines is 1. The molecule has 12 nitrogen and oxygen atoms in total. The van der Waals surface area contributed by atoms with E-state index in [0.717, 1.165) is 5.56 Å². The second kappa shape index (κ2) is 13.6. The third-order valence-electron chi connectivity index (χ3n) is 9.89. The summed E-state index contributed by atoms with van der Waals surface area (Å²) in [6.45, 7) is 10.2. The summed E-state index contributed by atoms with van der Waals surface area (Å²) in [5, 5.41) is 22.8. The Morgan fingerprint density at radius 3 is 2.06 bits per heavy atom. The molecule has 264 valence electrons. The largest absolute Gasteiger partial charge is 0.497 e. The van der Waals surface area contributed by atoms with E-state index < -0.39 is 37.9 Å². The molecule has 3 heterocycles. The highest BCUT2D eigenvalue weighted by atomic mass is 28.4. The first-order chi connectivity index (χ1) is 23.8. The molecule has 50 heavy (non-hydrogen) atoms. The van der Waals surface area contributed by atoms with Gasteiger partial charge in [0.15, 0.2) is 25.2 Å². The Morgan fingerprint density at radius 2 is 1.54 bits per heavy atom. The topological polar surface area (TPSA) is 144 Å². The van der Waals surface area contributed by atoms with Gasteiger partial charge in [-0.3, -0.25) is 19.2 Å². The van der Waals surface area contributed by atoms with Crippen molar-refractivity contribution >= 4 is 36.8 Å². The second-order valence-electron chi connectivity index (χ2n) is 14.0. The fourth-order valence-electron chi connectivity index (χ4n) is 6.11. The van der Waals surface area contributed by atoms with Gasteiger partial charge < -0.3 is 28.8 Å². The number of anilines is 3. The van der Waals surface area contributed by atoms with E-state index in [1.807, 2.05) is 78.9 Å². The number of hydrogen-bond acceptors (Lipinski definition) is 10. The molecule has 0 bridgehead atoms. The summed E-state index contributed by atoms with van der Waals surface area (Å²) in [5.41, 5.74) is 0.491. The summed E-state index contributed by atoms with van der Waals surface area (Å²) in [6, 6.07) is 24.3. The number of methoxy groups -OCH3 is 2. The number of aromatic nitrogens is 4. The van der Waals surface area contributed by atoms with Gasteiger partial charge in [-0.15, -0.1) is 0 Å². The van der Waals surface area contributed by atoms with E-state index in [4.69, 9.17) is 23.6 Å². The summed E-state index contributed by atoms with van der Waals surface area (Å²) in [6.07, 6.45) is -1.35. The molecule has 1 saturated heterocycles. The average Bonchev–Trinajstić information content (AvgIpc) is 3.65. The van der Waals surface area contributed by atoms with Crippen molar-refractivity contribution in [3.05, 3.63) is 101 Å². The Bertz CT molecular complexity index is 1930. The normalized spacial score (nSPS) is 21.0. The van der Waals surface area contributed by atoms with E-state index in [2.05, 4.69) is 43.8 Å². The van der Waals surface area contributed by atoms with Crippen molar-refractivity contribution < 1.29 is 28.8 Å². The van der Waals surface area contributed by atoms with Gasteiger partial charge in [-0.25, -0.2) is 4.98 Å². The Balaban J connectivity index is 1.54. The average molecular weight is 700 g/mol. The zero-order chi connectivity index (χ0) is 35.8. The molecule has 3 aromatic carbocycles. The van der Waals surface area contributed by atoms with Crippen LogP contribution in [0.15, 0.2) is 90.0 Å². The molecule has 0 unspecified atom stereocenters. The van der Waals surface area contributed by atoms with Gasteiger partial charge in [-0.2, -0.15) is 4.98 Å². The van der Waals surface area contributed by atoms with Crippen molar-refractivity contribution in [2.75, 3.05) is 25.7 Å². The summed E-state index contributed by atoms with van der Waals surface area (Å²) in [7, 11) is 0.736. The number of aliphatic hydroxyl groups excluding tert-OH is 2. The first-order valence-corrected chi connectivity index (χ1v) is 19.5. The van der Waals surface area contributed by atoms with Gasteiger partial charge in [0, 0.05) is 17.8 Å². The lowest BCUT2D eigenvalue weighted by Crippen LogP contribution is -2.52. The van der Waals surface area contributed by atoms with E-state index >= 15 is 0 Å². The fraction of sp³-hybridized carbons (Fsp3) is 0.378. The van der Waals surface area contributed by atoms with Crippen LogP contribution in [0.1, 0.15) is 26.3 Å². The summed E-state index contributed by atoms with van der Waals surface area (Å²) in [5.74, 6) is 1.54. The van der Waals surface area contributed by atoms with E-state index in [0.29, 0.717) is 22.9 Å². The van der Waals surface area contributed by atoms with E-state index in [-0.39, 0.29) is 35.2 Å².